The number of sulfonamides is 2. The second-order valence-electron chi connectivity index (χ2n) is 7.89. The molecule has 0 saturated carbocycles. The maximum Gasteiger partial charge on any atom is 0.293 e. The lowest BCUT2D eigenvalue weighted by atomic mass is 10.1. The Bertz CT molecular complexity index is 1210. The zero-order chi connectivity index (χ0) is 24.1. The molecule has 0 aliphatic carbocycles. The number of nitrogens with zero attached hydrogens (tertiary/aromatic N) is 2. The standard InChI is InChI=1S/C21H28N4O6S2/c1-22-32(28,29)16-18-8-6-7-17(13-18)15-23-20-10-9-19(14-21(20)25(26)27)33(30,31)24-11-4-2-3-5-12-24/h6-10,13-14,22-23H,2-5,11-12,15-16H2,1H3. The number of benzene rings is 2. The Morgan fingerprint density at radius 1 is 0.970 bits per heavy atom. The molecule has 0 amide bonds. The fraction of sp³-hybridized carbons (Fsp3) is 0.429. The van der Waals surface area contributed by atoms with Gasteiger partial charge in [-0.2, -0.15) is 4.31 Å². The fourth-order valence-corrected chi connectivity index (χ4v) is 6.02. The van der Waals surface area contributed by atoms with Crippen molar-refractivity contribution in [3.8, 4) is 0 Å². The Kier molecular flexibility index (Phi) is 8.05. The molecule has 0 radical (unpaired) electrons. The molecule has 12 heteroatoms. The molecule has 2 aromatic carbocycles. The van der Waals surface area contributed by atoms with Gasteiger partial charge in [-0.05, 0) is 43.1 Å². The van der Waals surface area contributed by atoms with Crippen LogP contribution in [0, 0.1) is 10.1 Å². The van der Waals surface area contributed by atoms with Crippen molar-refractivity contribution in [3.63, 3.8) is 0 Å². The Balaban J connectivity index is 1.80. The van der Waals surface area contributed by atoms with Crippen LogP contribution in [0.5, 0.6) is 0 Å². The molecule has 2 aromatic rings. The predicted octanol–water partition coefficient (Wildman–Crippen LogP) is 2.82. The summed E-state index contributed by atoms with van der Waals surface area (Å²) in [5, 5.41) is 14.6. The Morgan fingerprint density at radius 2 is 1.64 bits per heavy atom. The molecule has 33 heavy (non-hydrogen) atoms. The van der Waals surface area contributed by atoms with E-state index in [4.69, 9.17) is 0 Å². The molecule has 180 valence electrons. The van der Waals surface area contributed by atoms with Crippen LogP contribution in [0.4, 0.5) is 11.4 Å². The minimum atomic E-state index is -3.81. The van der Waals surface area contributed by atoms with Crippen molar-refractivity contribution in [2.75, 3.05) is 25.5 Å². The van der Waals surface area contributed by atoms with Crippen molar-refractivity contribution >= 4 is 31.4 Å². The van der Waals surface area contributed by atoms with E-state index in [0.29, 0.717) is 18.7 Å². The number of nitro benzene ring substituents is 1. The molecule has 1 heterocycles. The van der Waals surface area contributed by atoms with Gasteiger partial charge in [0.15, 0.2) is 0 Å². The monoisotopic (exact) mass is 496 g/mol. The number of rotatable bonds is 9. The minimum Gasteiger partial charge on any atom is -0.375 e. The van der Waals surface area contributed by atoms with Crippen LogP contribution in [0.15, 0.2) is 47.4 Å². The smallest absolute Gasteiger partial charge is 0.293 e. The molecule has 1 aliphatic heterocycles. The summed E-state index contributed by atoms with van der Waals surface area (Å²) in [5.41, 5.74) is 1.16. The van der Waals surface area contributed by atoms with Crippen molar-refractivity contribution < 1.29 is 21.8 Å². The average molecular weight is 497 g/mol. The first-order valence-electron chi connectivity index (χ1n) is 10.6. The third kappa shape index (κ3) is 6.50. The highest BCUT2D eigenvalue weighted by Gasteiger charge is 2.28. The molecular weight excluding hydrogens is 468 g/mol. The van der Waals surface area contributed by atoms with Crippen LogP contribution in [-0.4, -0.2) is 46.2 Å². The van der Waals surface area contributed by atoms with Gasteiger partial charge in [-0.15, -0.1) is 0 Å². The molecule has 1 fully saturated rings. The average Bonchev–Trinajstić information content (AvgIpc) is 3.08. The molecule has 3 rings (SSSR count). The van der Waals surface area contributed by atoms with Gasteiger partial charge in [0.2, 0.25) is 20.0 Å². The van der Waals surface area contributed by atoms with Gasteiger partial charge in [0.05, 0.1) is 15.6 Å². The maximum absolute atomic E-state index is 13.0. The summed E-state index contributed by atoms with van der Waals surface area (Å²) in [5.74, 6) is -0.180. The van der Waals surface area contributed by atoms with E-state index >= 15 is 0 Å². The zero-order valence-corrected chi connectivity index (χ0v) is 20.0. The molecule has 0 unspecified atom stereocenters. The second-order valence-corrected chi connectivity index (χ2v) is 11.8. The molecule has 1 aliphatic rings. The van der Waals surface area contributed by atoms with Gasteiger partial charge >= 0.3 is 0 Å². The summed E-state index contributed by atoms with van der Waals surface area (Å²) in [4.78, 5) is 11.0. The van der Waals surface area contributed by atoms with Crippen LogP contribution in [-0.2, 0) is 32.3 Å². The van der Waals surface area contributed by atoms with Crippen LogP contribution < -0.4 is 10.0 Å². The fourth-order valence-electron chi connectivity index (χ4n) is 3.72. The first-order chi connectivity index (χ1) is 15.6. The Morgan fingerprint density at radius 3 is 2.27 bits per heavy atom. The number of hydrogen-bond acceptors (Lipinski definition) is 7. The lowest BCUT2D eigenvalue weighted by Crippen LogP contribution is -2.32. The van der Waals surface area contributed by atoms with Crippen LogP contribution >= 0.6 is 0 Å². The predicted molar refractivity (Wildman–Crippen MR) is 126 cm³/mol. The summed E-state index contributed by atoms with van der Waals surface area (Å²) in [6.45, 7) is 1.03. The first kappa shape index (κ1) is 25.1. The number of hydrogen-bond donors (Lipinski definition) is 2. The van der Waals surface area contributed by atoms with E-state index in [1.807, 2.05) is 0 Å². The van der Waals surface area contributed by atoms with Crippen molar-refractivity contribution in [3.05, 3.63) is 63.7 Å². The SMILES string of the molecule is CNS(=O)(=O)Cc1cccc(CNc2ccc(S(=O)(=O)N3CCCCCC3)cc2[N+](=O)[O-])c1. The lowest BCUT2D eigenvalue weighted by Gasteiger charge is -2.20. The van der Waals surface area contributed by atoms with E-state index in [9.17, 15) is 26.9 Å². The highest BCUT2D eigenvalue weighted by atomic mass is 32.2. The molecule has 1 saturated heterocycles. The number of nitrogens with one attached hydrogen (secondary N) is 2. The lowest BCUT2D eigenvalue weighted by molar-refractivity contribution is -0.384. The largest absolute Gasteiger partial charge is 0.375 e. The number of nitro groups is 1. The van der Waals surface area contributed by atoms with Crippen molar-refractivity contribution in [1.29, 1.82) is 0 Å². The van der Waals surface area contributed by atoms with Crippen molar-refractivity contribution in [1.82, 2.24) is 9.03 Å². The van der Waals surface area contributed by atoms with Crippen LogP contribution in [0.2, 0.25) is 0 Å². The quantitative estimate of drug-likeness (QED) is 0.402. The van der Waals surface area contributed by atoms with Gasteiger partial charge in [-0.3, -0.25) is 10.1 Å². The minimum absolute atomic E-state index is 0.0964. The zero-order valence-electron chi connectivity index (χ0n) is 18.4. The third-order valence-electron chi connectivity index (χ3n) is 5.51. The van der Waals surface area contributed by atoms with Crippen LogP contribution in [0.25, 0.3) is 0 Å². The van der Waals surface area contributed by atoms with Gasteiger partial charge < -0.3 is 5.32 Å². The molecule has 0 atom stereocenters. The van der Waals surface area contributed by atoms with Gasteiger partial charge in [0.25, 0.3) is 5.69 Å². The van der Waals surface area contributed by atoms with Crippen LogP contribution in [0.3, 0.4) is 0 Å². The molecule has 0 bridgehead atoms. The van der Waals surface area contributed by atoms with Gasteiger partial charge in [0.1, 0.15) is 5.69 Å². The summed E-state index contributed by atoms with van der Waals surface area (Å²) < 4.78 is 53.2. The summed E-state index contributed by atoms with van der Waals surface area (Å²) in [6, 6.07) is 10.7. The van der Waals surface area contributed by atoms with E-state index in [1.165, 1.54) is 23.5 Å². The molecular formula is C21H28N4O6S2. The van der Waals surface area contributed by atoms with E-state index in [0.717, 1.165) is 37.3 Å². The first-order valence-corrected chi connectivity index (χ1v) is 13.7. The van der Waals surface area contributed by atoms with E-state index in [1.54, 1.807) is 24.3 Å². The second kappa shape index (κ2) is 10.6. The van der Waals surface area contributed by atoms with Gasteiger partial charge in [0, 0.05) is 25.7 Å². The van der Waals surface area contributed by atoms with Crippen LogP contribution in [0.1, 0.15) is 36.8 Å². The topological polar surface area (TPSA) is 139 Å². The van der Waals surface area contributed by atoms with Gasteiger partial charge in [-0.1, -0.05) is 37.1 Å². The molecule has 2 N–H and O–H groups in total. The number of anilines is 1. The molecule has 0 spiro atoms. The van der Waals surface area contributed by atoms with Crippen molar-refractivity contribution in [2.45, 2.75) is 42.9 Å². The Hall–Kier alpha value is -2.54. The summed E-state index contributed by atoms with van der Waals surface area (Å²) in [7, 11) is -5.89. The maximum atomic E-state index is 13.0. The summed E-state index contributed by atoms with van der Waals surface area (Å²) >= 11 is 0. The highest BCUT2D eigenvalue weighted by molar-refractivity contribution is 7.89. The van der Waals surface area contributed by atoms with E-state index in [-0.39, 0.29) is 28.6 Å². The normalized spacial score (nSPS) is 15.7. The molecule has 10 nitrogen and oxygen atoms in total. The van der Waals surface area contributed by atoms with Crippen molar-refractivity contribution in [2.24, 2.45) is 0 Å². The molecule has 0 aromatic heterocycles. The van der Waals surface area contributed by atoms with E-state index < -0.39 is 25.0 Å². The highest BCUT2D eigenvalue weighted by Crippen LogP contribution is 2.30. The Labute approximate surface area is 194 Å². The third-order valence-corrected chi connectivity index (χ3v) is 8.74. The van der Waals surface area contributed by atoms with E-state index in [2.05, 4.69) is 10.0 Å². The summed E-state index contributed by atoms with van der Waals surface area (Å²) in [6.07, 6.45) is 3.49. The van der Waals surface area contributed by atoms with Gasteiger partial charge in [-0.25, -0.2) is 21.6 Å².